The van der Waals surface area contributed by atoms with Crippen molar-refractivity contribution in [3.8, 4) is 16.9 Å². The van der Waals surface area contributed by atoms with Crippen LogP contribution in [0.2, 0.25) is 0 Å². The van der Waals surface area contributed by atoms with Gasteiger partial charge < -0.3 is 15.0 Å². The van der Waals surface area contributed by atoms with Crippen LogP contribution in [0.4, 0.5) is 5.69 Å². The maximum Gasteiger partial charge on any atom is 0.255 e. The fourth-order valence-electron chi connectivity index (χ4n) is 4.35. The SMILES string of the molecule is COc1c(NC(=O)c2ccc(-c3ccccc3)cc2)cccc1C1CCN(C(C)C)C1. The molecule has 0 spiro atoms. The van der Waals surface area contributed by atoms with Crippen molar-refractivity contribution in [2.75, 3.05) is 25.5 Å². The predicted molar refractivity (Wildman–Crippen MR) is 127 cm³/mol. The molecule has 1 N–H and O–H groups in total. The summed E-state index contributed by atoms with van der Waals surface area (Å²) >= 11 is 0. The Hall–Kier alpha value is -3.11. The standard InChI is InChI=1S/C27H30N2O2/c1-19(2)29-17-16-23(18-29)24-10-7-11-25(26(24)31-3)28-27(30)22-14-12-21(13-15-22)20-8-5-4-6-9-20/h4-15,19,23H,16-18H2,1-3H3,(H,28,30). The number of amides is 1. The predicted octanol–water partition coefficient (Wildman–Crippen LogP) is 5.81. The Morgan fingerprint density at radius 2 is 1.68 bits per heavy atom. The zero-order valence-corrected chi connectivity index (χ0v) is 18.5. The van der Waals surface area contributed by atoms with Gasteiger partial charge in [0, 0.05) is 29.6 Å². The van der Waals surface area contributed by atoms with E-state index in [9.17, 15) is 4.79 Å². The average molecular weight is 415 g/mol. The molecule has 160 valence electrons. The van der Waals surface area contributed by atoms with Crippen LogP contribution in [0.5, 0.6) is 5.75 Å². The van der Waals surface area contributed by atoms with E-state index in [0.29, 0.717) is 17.5 Å². The van der Waals surface area contributed by atoms with Gasteiger partial charge in [-0.1, -0.05) is 54.6 Å². The third-order valence-electron chi connectivity index (χ3n) is 6.14. The molecule has 1 fully saturated rings. The molecule has 1 aliphatic rings. The second-order valence-electron chi connectivity index (χ2n) is 8.40. The van der Waals surface area contributed by atoms with Crippen LogP contribution in [0.15, 0.2) is 72.8 Å². The van der Waals surface area contributed by atoms with Gasteiger partial charge in [-0.3, -0.25) is 4.79 Å². The minimum absolute atomic E-state index is 0.134. The first-order valence-electron chi connectivity index (χ1n) is 10.9. The van der Waals surface area contributed by atoms with Gasteiger partial charge in [0.15, 0.2) is 0 Å². The summed E-state index contributed by atoms with van der Waals surface area (Å²) in [5.74, 6) is 1.05. The highest BCUT2D eigenvalue weighted by molar-refractivity contribution is 6.05. The molecule has 0 bridgehead atoms. The van der Waals surface area contributed by atoms with E-state index < -0.39 is 0 Å². The molecule has 4 rings (SSSR count). The minimum Gasteiger partial charge on any atom is -0.494 e. The molecule has 3 aromatic rings. The summed E-state index contributed by atoms with van der Waals surface area (Å²) < 4.78 is 5.77. The Labute approximate surface area is 184 Å². The summed E-state index contributed by atoms with van der Waals surface area (Å²) in [5.41, 5.74) is 4.74. The topological polar surface area (TPSA) is 41.6 Å². The number of hydrogen-bond donors (Lipinski definition) is 1. The molecule has 0 aliphatic carbocycles. The first kappa shape index (κ1) is 21.1. The van der Waals surface area contributed by atoms with Crippen molar-refractivity contribution in [2.24, 2.45) is 0 Å². The lowest BCUT2D eigenvalue weighted by molar-refractivity contribution is 0.102. The summed E-state index contributed by atoms with van der Waals surface area (Å²) in [4.78, 5) is 15.4. The lowest BCUT2D eigenvalue weighted by Gasteiger charge is -2.22. The summed E-state index contributed by atoms with van der Waals surface area (Å²) in [6, 6.07) is 24.4. The number of hydrogen-bond acceptors (Lipinski definition) is 3. The molecule has 1 amide bonds. The zero-order valence-electron chi connectivity index (χ0n) is 18.5. The minimum atomic E-state index is -0.134. The molecular formula is C27H30N2O2. The van der Waals surface area contributed by atoms with Crippen LogP contribution in [-0.2, 0) is 0 Å². The highest BCUT2D eigenvalue weighted by atomic mass is 16.5. The Kier molecular flexibility index (Phi) is 6.38. The van der Waals surface area contributed by atoms with E-state index in [-0.39, 0.29) is 5.91 Å². The largest absolute Gasteiger partial charge is 0.494 e. The summed E-state index contributed by atoms with van der Waals surface area (Å²) in [6.07, 6.45) is 1.10. The Bertz CT molecular complexity index is 1030. The third kappa shape index (κ3) is 4.64. The quantitative estimate of drug-likeness (QED) is 0.553. The van der Waals surface area contributed by atoms with Crippen molar-refractivity contribution < 1.29 is 9.53 Å². The number of likely N-dealkylation sites (tertiary alicyclic amines) is 1. The van der Waals surface area contributed by atoms with Crippen LogP contribution in [0.3, 0.4) is 0 Å². The number of benzene rings is 3. The molecule has 0 radical (unpaired) electrons. The first-order chi connectivity index (χ1) is 15.1. The lowest BCUT2D eigenvalue weighted by Crippen LogP contribution is -2.27. The molecule has 1 saturated heterocycles. The molecule has 0 saturated carbocycles. The van der Waals surface area contributed by atoms with Crippen molar-refractivity contribution in [3.05, 3.63) is 83.9 Å². The van der Waals surface area contributed by atoms with Crippen LogP contribution >= 0.6 is 0 Å². The normalized spacial score (nSPS) is 16.5. The second-order valence-corrected chi connectivity index (χ2v) is 8.40. The molecule has 1 atom stereocenters. The van der Waals surface area contributed by atoms with E-state index in [1.54, 1.807) is 7.11 Å². The first-order valence-corrected chi connectivity index (χ1v) is 10.9. The monoisotopic (exact) mass is 414 g/mol. The molecule has 31 heavy (non-hydrogen) atoms. The van der Waals surface area contributed by atoms with Crippen molar-refractivity contribution in [1.82, 2.24) is 4.90 Å². The second kappa shape index (κ2) is 9.36. The van der Waals surface area contributed by atoms with Gasteiger partial charge in [0.05, 0.1) is 12.8 Å². The van der Waals surface area contributed by atoms with Crippen molar-refractivity contribution in [1.29, 1.82) is 0 Å². The van der Waals surface area contributed by atoms with Crippen LogP contribution in [0.1, 0.15) is 42.1 Å². The number of methoxy groups -OCH3 is 1. The fraction of sp³-hybridized carbons (Fsp3) is 0.296. The van der Waals surface area contributed by atoms with Crippen molar-refractivity contribution in [2.45, 2.75) is 32.2 Å². The molecular weight excluding hydrogens is 384 g/mol. The maximum atomic E-state index is 12.9. The smallest absolute Gasteiger partial charge is 0.255 e. The number of anilines is 1. The van der Waals surface area contributed by atoms with Crippen LogP contribution < -0.4 is 10.1 Å². The maximum absolute atomic E-state index is 12.9. The molecule has 1 unspecified atom stereocenters. The molecule has 4 nitrogen and oxygen atoms in total. The van der Waals surface area contributed by atoms with Gasteiger partial charge in [-0.25, -0.2) is 0 Å². The van der Waals surface area contributed by atoms with Gasteiger partial charge in [-0.2, -0.15) is 0 Å². The molecule has 1 heterocycles. The Morgan fingerprint density at radius 3 is 2.32 bits per heavy atom. The number of carbonyl (C=O) groups excluding carboxylic acids is 1. The van der Waals surface area contributed by atoms with E-state index in [1.165, 1.54) is 5.56 Å². The number of para-hydroxylation sites is 1. The average Bonchev–Trinajstić information content (AvgIpc) is 3.30. The highest BCUT2D eigenvalue weighted by Gasteiger charge is 2.28. The third-order valence-corrected chi connectivity index (χ3v) is 6.14. The Balaban J connectivity index is 1.52. The van der Waals surface area contributed by atoms with Gasteiger partial charge in [-0.15, -0.1) is 0 Å². The van der Waals surface area contributed by atoms with Gasteiger partial charge in [-0.05, 0) is 56.1 Å². The number of rotatable bonds is 6. The van der Waals surface area contributed by atoms with E-state index in [1.807, 2.05) is 54.6 Å². The number of carbonyl (C=O) groups is 1. The zero-order chi connectivity index (χ0) is 21.8. The molecule has 0 aromatic heterocycles. The molecule has 1 aliphatic heterocycles. The van der Waals surface area contributed by atoms with E-state index in [0.717, 1.165) is 42.1 Å². The van der Waals surface area contributed by atoms with Crippen molar-refractivity contribution >= 4 is 11.6 Å². The summed E-state index contributed by atoms with van der Waals surface area (Å²) in [7, 11) is 1.68. The highest BCUT2D eigenvalue weighted by Crippen LogP contribution is 2.38. The fourth-order valence-corrected chi connectivity index (χ4v) is 4.35. The number of nitrogens with one attached hydrogen (secondary N) is 1. The Morgan fingerprint density at radius 1 is 0.968 bits per heavy atom. The molecule has 4 heteroatoms. The summed E-state index contributed by atoms with van der Waals surface area (Å²) in [6.45, 7) is 6.58. The molecule has 3 aromatic carbocycles. The van der Waals surface area contributed by atoms with Gasteiger partial charge in [0.2, 0.25) is 0 Å². The van der Waals surface area contributed by atoms with Gasteiger partial charge in [0.1, 0.15) is 5.75 Å². The van der Waals surface area contributed by atoms with Gasteiger partial charge >= 0.3 is 0 Å². The van der Waals surface area contributed by atoms with Crippen LogP contribution in [0.25, 0.3) is 11.1 Å². The van der Waals surface area contributed by atoms with E-state index >= 15 is 0 Å². The van der Waals surface area contributed by atoms with Gasteiger partial charge in [0.25, 0.3) is 5.91 Å². The van der Waals surface area contributed by atoms with E-state index in [2.05, 4.69) is 42.3 Å². The van der Waals surface area contributed by atoms with Crippen molar-refractivity contribution in [3.63, 3.8) is 0 Å². The van der Waals surface area contributed by atoms with Crippen LogP contribution in [-0.4, -0.2) is 37.0 Å². The van der Waals surface area contributed by atoms with E-state index in [4.69, 9.17) is 4.74 Å². The lowest BCUT2D eigenvalue weighted by atomic mass is 9.96. The number of nitrogens with zero attached hydrogens (tertiary/aromatic N) is 1. The van der Waals surface area contributed by atoms with Crippen LogP contribution in [0, 0.1) is 0 Å². The summed E-state index contributed by atoms with van der Waals surface area (Å²) in [5, 5.41) is 3.06. The number of ether oxygens (including phenoxy) is 1.